The highest BCUT2D eigenvalue weighted by atomic mass is 35.5. The standard InChI is InChI=1S/C22H20ClFN2O4S/c1-15-4-2-3-5-21(15)30-13-12-25-22(27)19-14-18(10-11-20(19)23)31(28,29)26-17-8-6-16(24)7-9-17/h2-11,14,26H,12-13H2,1H3,(H,25,27). The number of aryl methyl sites for hydroxylation is 1. The van der Waals surface area contributed by atoms with Crippen molar-refractivity contribution in [2.45, 2.75) is 11.8 Å². The van der Waals surface area contributed by atoms with Crippen molar-refractivity contribution < 1.29 is 22.3 Å². The molecule has 0 atom stereocenters. The Morgan fingerprint density at radius 3 is 2.48 bits per heavy atom. The number of benzene rings is 3. The molecule has 0 heterocycles. The van der Waals surface area contributed by atoms with Gasteiger partial charge in [0.1, 0.15) is 18.2 Å². The van der Waals surface area contributed by atoms with Crippen molar-refractivity contribution in [3.8, 4) is 5.75 Å². The van der Waals surface area contributed by atoms with Crippen molar-refractivity contribution in [1.29, 1.82) is 0 Å². The highest BCUT2D eigenvalue weighted by molar-refractivity contribution is 7.92. The molecule has 3 rings (SSSR count). The summed E-state index contributed by atoms with van der Waals surface area (Å²) in [6.07, 6.45) is 0. The Bertz CT molecular complexity index is 1180. The molecule has 0 saturated heterocycles. The second kappa shape index (κ2) is 9.80. The van der Waals surface area contributed by atoms with Crippen LogP contribution >= 0.6 is 11.6 Å². The predicted molar refractivity (Wildman–Crippen MR) is 118 cm³/mol. The zero-order chi connectivity index (χ0) is 22.4. The third-order valence-electron chi connectivity index (χ3n) is 4.33. The number of carbonyl (C=O) groups is 1. The number of hydrogen-bond acceptors (Lipinski definition) is 4. The van der Waals surface area contributed by atoms with Crippen LogP contribution in [0.3, 0.4) is 0 Å². The number of rotatable bonds is 8. The van der Waals surface area contributed by atoms with Crippen LogP contribution in [-0.2, 0) is 10.0 Å². The van der Waals surface area contributed by atoms with Crippen molar-refractivity contribution in [2.24, 2.45) is 0 Å². The number of amides is 1. The monoisotopic (exact) mass is 462 g/mol. The minimum absolute atomic E-state index is 0.0135. The minimum atomic E-state index is -4.00. The molecule has 3 aromatic carbocycles. The predicted octanol–water partition coefficient (Wildman–Crippen LogP) is 4.40. The van der Waals surface area contributed by atoms with Crippen LogP contribution in [0.15, 0.2) is 71.6 Å². The van der Waals surface area contributed by atoms with E-state index in [1.54, 1.807) is 0 Å². The molecule has 0 aliphatic rings. The van der Waals surface area contributed by atoms with E-state index in [-0.39, 0.29) is 34.3 Å². The second-order valence-corrected chi connectivity index (χ2v) is 8.71. The van der Waals surface area contributed by atoms with Gasteiger partial charge in [0.15, 0.2) is 0 Å². The van der Waals surface area contributed by atoms with Gasteiger partial charge < -0.3 is 10.1 Å². The maximum atomic E-state index is 13.0. The molecule has 0 unspecified atom stereocenters. The van der Waals surface area contributed by atoms with E-state index in [9.17, 15) is 17.6 Å². The molecular formula is C22H20ClFN2O4S. The van der Waals surface area contributed by atoms with Crippen molar-refractivity contribution in [1.82, 2.24) is 5.32 Å². The Balaban J connectivity index is 1.66. The van der Waals surface area contributed by atoms with E-state index in [0.29, 0.717) is 0 Å². The number of carbonyl (C=O) groups excluding carboxylic acids is 1. The fourth-order valence-electron chi connectivity index (χ4n) is 2.72. The van der Waals surface area contributed by atoms with Crippen molar-refractivity contribution >= 4 is 33.2 Å². The lowest BCUT2D eigenvalue weighted by Gasteiger charge is -2.12. The first-order valence-electron chi connectivity index (χ1n) is 9.31. The molecule has 3 aromatic rings. The highest BCUT2D eigenvalue weighted by Crippen LogP contribution is 2.23. The summed E-state index contributed by atoms with van der Waals surface area (Å²) in [7, 11) is -4.00. The third kappa shape index (κ3) is 5.96. The van der Waals surface area contributed by atoms with Gasteiger partial charge in [-0.1, -0.05) is 29.8 Å². The van der Waals surface area contributed by atoms with E-state index < -0.39 is 21.7 Å². The van der Waals surface area contributed by atoms with Crippen LogP contribution in [0.5, 0.6) is 5.75 Å². The maximum absolute atomic E-state index is 13.0. The largest absolute Gasteiger partial charge is 0.491 e. The minimum Gasteiger partial charge on any atom is -0.491 e. The average Bonchev–Trinajstić information content (AvgIpc) is 2.74. The lowest BCUT2D eigenvalue weighted by molar-refractivity contribution is 0.0947. The summed E-state index contributed by atoms with van der Waals surface area (Å²) in [5.41, 5.74) is 1.18. The number of para-hydroxylation sites is 1. The Morgan fingerprint density at radius 1 is 1.06 bits per heavy atom. The Morgan fingerprint density at radius 2 is 1.77 bits per heavy atom. The summed E-state index contributed by atoms with van der Waals surface area (Å²) in [5, 5.41) is 2.77. The Labute approximate surface area is 185 Å². The van der Waals surface area contributed by atoms with E-state index in [0.717, 1.165) is 23.4 Å². The van der Waals surface area contributed by atoms with Gasteiger partial charge in [0.25, 0.3) is 15.9 Å². The second-order valence-electron chi connectivity index (χ2n) is 6.62. The molecule has 2 N–H and O–H groups in total. The van der Waals surface area contributed by atoms with Gasteiger partial charge in [-0.15, -0.1) is 0 Å². The van der Waals surface area contributed by atoms with Crippen LogP contribution in [0.2, 0.25) is 5.02 Å². The summed E-state index contributed by atoms with van der Waals surface area (Å²) in [5.74, 6) is -0.299. The first-order chi connectivity index (χ1) is 14.8. The fraction of sp³-hybridized carbons (Fsp3) is 0.136. The molecule has 9 heteroatoms. The van der Waals surface area contributed by atoms with Gasteiger partial charge in [-0.2, -0.15) is 0 Å². The van der Waals surface area contributed by atoms with Gasteiger partial charge in [0.05, 0.1) is 22.0 Å². The van der Waals surface area contributed by atoms with Crippen LogP contribution in [0.4, 0.5) is 10.1 Å². The van der Waals surface area contributed by atoms with Gasteiger partial charge >= 0.3 is 0 Å². The third-order valence-corrected chi connectivity index (χ3v) is 6.04. The molecule has 162 valence electrons. The van der Waals surface area contributed by atoms with Gasteiger partial charge in [-0.05, 0) is 61.0 Å². The van der Waals surface area contributed by atoms with Crippen LogP contribution in [-0.4, -0.2) is 27.5 Å². The van der Waals surface area contributed by atoms with E-state index in [1.165, 1.54) is 30.3 Å². The summed E-state index contributed by atoms with van der Waals surface area (Å²) >= 11 is 6.10. The SMILES string of the molecule is Cc1ccccc1OCCNC(=O)c1cc(S(=O)(=O)Nc2ccc(F)cc2)ccc1Cl. The molecule has 0 saturated carbocycles. The summed E-state index contributed by atoms with van der Waals surface area (Å²) in [4.78, 5) is 12.4. The normalized spacial score (nSPS) is 11.1. The summed E-state index contributed by atoms with van der Waals surface area (Å²) in [6, 6.07) is 16.2. The number of hydrogen-bond donors (Lipinski definition) is 2. The molecular weight excluding hydrogens is 443 g/mol. The lowest BCUT2D eigenvalue weighted by atomic mass is 10.2. The smallest absolute Gasteiger partial charge is 0.261 e. The van der Waals surface area contributed by atoms with E-state index in [1.807, 2.05) is 31.2 Å². The quantitative estimate of drug-likeness (QED) is 0.486. The molecule has 1 amide bonds. The molecule has 0 fully saturated rings. The molecule has 31 heavy (non-hydrogen) atoms. The van der Waals surface area contributed by atoms with Gasteiger partial charge in [0.2, 0.25) is 0 Å². The van der Waals surface area contributed by atoms with Crippen molar-refractivity contribution in [2.75, 3.05) is 17.9 Å². The highest BCUT2D eigenvalue weighted by Gasteiger charge is 2.19. The summed E-state index contributed by atoms with van der Waals surface area (Å²) in [6.45, 7) is 2.35. The van der Waals surface area contributed by atoms with E-state index >= 15 is 0 Å². The van der Waals surface area contributed by atoms with Crippen molar-refractivity contribution in [3.63, 3.8) is 0 Å². The van der Waals surface area contributed by atoms with Crippen LogP contribution in [0.25, 0.3) is 0 Å². The number of anilines is 1. The molecule has 0 aliphatic carbocycles. The topological polar surface area (TPSA) is 84.5 Å². The van der Waals surface area contributed by atoms with E-state index in [4.69, 9.17) is 16.3 Å². The number of sulfonamides is 1. The van der Waals surface area contributed by atoms with E-state index in [2.05, 4.69) is 10.0 Å². The molecule has 0 aliphatic heterocycles. The fourth-order valence-corrected chi connectivity index (χ4v) is 4.00. The molecule has 0 aromatic heterocycles. The van der Waals surface area contributed by atoms with Gasteiger partial charge in [-0.25, -0.2) is 12.8 Å². The van der Waals surface area contributed by atoms with Crippen LogP contribution in [0, 0.1) is 12.7 Å². The average molecular weight is 463 g/mol. The van der Waals surface area contributed by atoms with Crippen LogP contribution < -0.4 is 14.8 Å². The van der Waals surface area contributed by atoms with Crippen molar-refractivity contribution in [3.05, 3.63) is 88.7 Å². The molecule has 0 spiro atoms. The zero-order valence-electron chi connectivity index (χ0n) is 16.6. The molecule has 0 bridgehead atoms. The molecule has 0 radical (unpaired) electrons. The van der Waals surface area contributed by atoms with Gasteiger partial charge in [-0.3, -0.25) is 9.52 Å². The van der Waals surface area contributed by atoms with Crippen LogP contribution in [0.1, 0.15) is 15.9 Å². The Kier molecular flexibility index (Phi) is 7.14. The number of halogens is 2. The Hall–Kier alpha value is -3.10. The zero-order valence-corrected chi connectivity index (χ0v) is 18.1. The number of ether oxygens (including phenoxy) is 1. The first-order valence-corrected chi connectivity index (χ1v) is 11.2. The van der Waals surface area contributed by atoms with Gasteiger partial charge in [0, 0.05) is 5.69 Å². The lowest BCUT2D eigenvalue weighted by Crippen LogP contribution is -2.28. The molecule has 6 nitrogen and oxygen atoms in total. The number of nitrogens with one attached hydrogen (secondary N) is 2. The first kappa shape index (κ1) is 22.6. The summed E-state index contributed by atoms with van der Waals surface area (Å²) < 4.78 is 46.2. The maximum Gasteiger partial charge on any atom is 0.261 e.